The number of rotatable bonds is 5. The molecule has 1 aromatic rings. The lowest BCUT2D eigenvalue weighted by Crippen LogP contribution is -2.30. The summed E-state index contributed by atoms with van der Waals surface area (Å²) in [7, 11) is 2.67. The molecule has 4 N–H and O–H groups in total. The Bertz CT molecular complexity index is 580. The first kappa shape index (κ1) is 15.0. The fourth-order valence-corrected chi connectivity index (χ4v) is 1.40. The minimum absolute atomic E-state index is 0.0426. The van der Waals surface area contributed by atoms with Crippen molar-refractivity contribution in [1.82, 2.24) is 0 Å². The summed E-state index contributed by atoms with van der Waals surface area (Å²) in [5, 5.41) is 25.5. The lowest BCUT2D eigenvalue weighted by molar-refractivity contribution is -0.464. The van der Waals surface area contributed by atoms with Crippen LogP contribution in [0.25, 0.3) is 0 Å². The third-order valence-electron chi connectivity index (χ3n) is 2.27. The number of nitrogens with zero attached hydrogens (tertiary/aromatic N) is 3. The highest BCUT2D eigenvalue weighted by Gasteiger charge is 2.21. The summed E-state index contributed by atoms with van der Waals surface area (Å²) < 4.78 is 10.1. The van der Waals surface area contributed by atoms with E-state index in [4.69, 9.17) is 20.9 Å². The molecule has 20 heavy (non-hydrogen) atoms. The Balaban J connectivity index is 3.47. The first-order valence-electron chi connectivity index (χ1n) is 5.20. The molecule has 0 aliphatic heterocycles. The zero-order valence-electron chi connectivity index (χ0n) is 10.8. The summed E-state index contributed by atoms with van der Waals surface area (Å²) in [6, 6.07) is 2.57. The second-order valence-electron chi connectivity index (χ2n) is 3.43. The van der Waals surface area contributed by atoms with Gasteiger partial charge >= 0.3 is 5.96 Å². The van der Waals surface area contributed by atoms with E-state index >= 15 is 0 Å². The number of hydrazone groups is 1. The van der Waals surface area contributed by atoms with Crippen molar-refractivity contribution in [3.63, 3.8) is 0 Å². The Morgan fingerprint density at radius 2 is 1.95 bits per heavy atom. The fourth-order valence-electron chi connectivity index (χ4n) is 1.40. The molecule has 0 heterocycles. The van der Waals surface area contributed by atoms with Crippen molar-refractivity contribution in [2.75, 3.05) is 14.2 Å². The summed E-state index contributed by atoms with van der Waals surface area (Å²) in [5.74, 6) is -0.290. The number of benzene rings is 1. The Labute approximate surface area is 113 Å². The van der Waals surface area contributed by atoms with Crippen LogP contribution in [-0.4, -0.2) is 36.2 Å². The van der Waals surface area contributed by atoms with Gasteiger partial charge < -0.3 is 14.7 Å². The van der Waals surface area contributed by atoms with Gasteiger partial charge in [0.25, 0.3) is 5.69 Å². The van der Waals surface area contributed by atoms with E-state index in [1.54, 1.807) is 0 Å². The highest BCUT2D eigenvalue weighted by Crippen LogP contribution is 2.35. The summed E-state index contributed by atoms with van der Waals surface area (Å²) in [4.78, 5) is 10.2. The van der Waals surface area contributed by atoms with E-state index in [0.717, 1.165) is 6.21 Å². The van der Waals surface area contributed by atoms with Gasteiger partial charge in [0, 0.05) is 6.07 Å². The second kappa shape index (κ2) is 6.22. The maximum absolute atomic E-state index is 11.1. The molecule has 0 spiro atoms. The van der Waals surface area contributed by atoms with Gasteiger partial charge in [0.1, 0.15) is 5.56 Å². The second-order valence-corrected chi connectivity index (χ2v) is 3.43. The third-order valence-corrected chi connectivity index (χ3v) is 2.27. The van der Waals surface area contributed by atoms with E-state index in [2.05, 4.69) is 5.10 Å². The maximum atomic E-state index is 11.1. The van der Waals surface area contributed by atoms with Crippen molar-refractivity contribution >= 4 is 17.9 Å². The average molecular weight is 283 g/mol. The van der Waals surface area contributed by atoms with Crippen molar-refractivity contribution in [2.45, 2.75) is 0 Å². The summed E-state index contributed by atoms with van der Waals surface area (Å²) in [5.41, 5.74) is 9.71. The Morgan fingerprint density at radius 3 is 2.40 bits per heavy atom. The van der Waals surface area contributed by atoms with Gasteiger partial charge in [-0.1, -0.05) is 0 Å². The SMILES string of the molecule is COc1ccc([N+](=O)[O-])c(/C=N/[N+]([O-])=C(N)N)c1OC. The minimum Gasteiger partial charge on any atom is -0.722 e. The zero-order valence-corrected chi connectivity index (χ0v) is 10.8. The Hall–Kier alpha value is -3.04. The molecule has 0 aromatic heterocycles. The molecule has 0 aliphatic rings. The van der Waals surface area contributed by atoms with Crippen LogP contribution < -0.4 is 20.9 Å². The monoisotopic (exact) mass is 283 g/mol. The predicted octanol–water partition coefficient (Wildman–Crippen LogP) is -0.270. The molecular weight excluding hydrogens is 270 g/mol. The molecular formula is C10H13N5O5. The molecule has 108 valence electrons. The number of nitrogens with two attached hydrogens (primary N) is 2. The molecule has 0 unspecified atom stereocenters. The molecule has 0 radical (unpaired) electrons. The van der Waals surface area contributed by atoms with Crippen LogP contribution in [0.2, 0.25) is 0 Å². The first-order chi connectivity index (χ1) is 9.42. The fraction of sp³-hybridized carbons (Fsp3) is 0.200. The van der Waals surface area contributed by atoms with Gasteiger partial charge in [0.2, 0.25) is 0 Å². The largest absolute Gasteiger partial charge is 0.722 e. The molecule has 1 aromatic carbocycles. The number of hydrogen-bond donors (Lipinski definition) is 2. The van der Waals surface area contributed by atoms with Crippen molar-refractivity contribution in [1.29, 1.82) is 0 Å². The van der Waals surface area contributed by atoms with Crippen LogP contribution in [0.4, 0.5) is 5.69 Å². The quantitative estimate of drug-likeness (QED) is 0.188. The molecule has 10 heteroatoms. The molecule has 0 saturated heterocycles. The summed E-state index contributed by atoms with van der Waals surface area (Å²) in [6.45, 7) is 0. The molecule has 0 fully saturated rings. The zero-order chi connectivity index (χ0) is 15.3. The van der Waals surface area contributed by atoms with E-state index < -0.39 is 10.9 Å². The van der Waals surface area contributed by atoms with E-state index in [-0.39, 0.29) is 27.6 Å². The number of nitro groups is 1. The smallest absolute Gasteiger partial charge is 0.366 e. The Kier molecular flexibility index (Phi) is 4.67. The number of ether oxygens (including phenoxy) is 2. The van der Waals surface area contributed by atoms with Crippen LogP contribution in [0.1, 0.15) is 5.56 Å². The number of methoxy groups -OCH3 is 2. The predicted molar refractivity (Wildman–Crippen MR) is 70.8 cm³/mol. The highest BCUT2D eigenvalue weighted by molar-refractivity contribution is 5.90. The number of nitro benzene ring substituents is 1. The van der Waals surface area contributed by atoms with Crippen LogP contribution >= 0.6 is 0 Å². The molecule has 10 nitrogen and oxygen atoms in total. The molecule has 0 aliphatic carbocycles. The summed E-state index contributed by atoms with van der Waals surface area (Å²) >= 11 is 0. The van der Waals surface area contributed by atoms with Crippen molar-refractivity contribution in [3.8, 4) is 11.5 Å². The molecule has 0 atom stereocenters. The average Bonchev–Trinajstić information content (AvgIpc) is 2.42. The minimum atomic E-state index is -0.645. The van der Waals surface area contributed by atoms with Gasteiger partial charge in [-0.3, -0.25) is 21.6 Å². The molecule has 1 rings (SSSR count). The van der Waals surface area contributed by atoms with E-state index in [1.807, 2.05) is 0 Å². The molecule has 0 amide bonds. The Morgan fingerprint density at radius 1 is 1.30 bits per heavy atom. The van der Waals surface area contributed by atoms with Gasteiger partial charge in [0.05, 0.1) is 25.4 Å². The van der Waals surface area contributed by atoms with E-state index in [1.165, 1.54) is 26.4 Å². The number of guanidine groups is 1. The lowest BCUT2D eigenvalue weighted by atomic mass is 10.1. The van der Waals surface area contributed by atoms with Gasteiger partial charge in [-0.05, 0) is 6.07 Å². The topological polar surface area (TPSA) is 152 Å². The normalized spacial score (nSPS) is 10.3. The third kappa shape index (κ3) is 3.04. The van der Waals surface area contributed by atoms with E-state index in [9.17, 15) is 15.3 Å². The first-order valence-corrected chi connectivity index (χ1v) is 5.20. The number of hydrogen-bond acceptors (Lipinski definition) is 6. The van der Waals surface area contributed by atoms with Gasteiger partial charge in [0.15, 0.2) is 11.5 Å². The molecule has 0 bridgehead atoms. The molecule has 0 saturated carbocycles. The van der Waals surface area contributed by atoms with E-state index in [0.29, 0.717) is 0 Å². The van der Waals surface area contributed by atoms with Crippen LogP contribution in [0.5, 0.6) is 11.5 Å². The van der Waals surface area contributed by atoms with Crippen LogP contribution in [0, 0.1) is 15.3 Å². The van der Waals surface area contributed by atoms with Gasteiger partial charge in [-0.15, -0.1) is 9.95 Å². The maximum Gasteiger partial charge on any atom is 0.366 e. The highest BCUT2D eigenvalue weighted by atomic mass is 16.6. The van der Waals surface area contributed by atoms with Crippen LogP contribution in [0.15, 0.2) is 17.2 Å². The van der Waals surface area contributed by atoms with Crippen molar-refractivity contribution in [3.05, 3.63) is 33.0 Å². The van der Waals surface area contributed by atoms with Crippen molar-refractivity contribution < 1.29 is 19.2 Å². The summed E-state index contributed by atoms with van der Waals surface area (Å²) in [6.07, 6.45) is 0.923. The standard InChI is InChI=1S/C10H13N5O5/c1-19-8-4-3-7(15(17)18)6(9(8)20-2)5-13-14(16)10(11)12/h3-5H,11-12H2,1-2H3/b13-5+. The van der Waals surface area contributed by atoms with Gasteiger partial charge in [-0.25, -0.2) is 0 Å². The van der Waals surface area contributed by atoms with Crippen molar-refractivity contribution in [2.24, 2.45) is 16.6 Å². The van der Waals surface area contributed by atoms with Gasteiger partial charge in [-0.2, -0.15) is 0 Å². The van der Waals surface area contributed by atoms with Crippen LogP contribution in [-0.2, 0) is 0 Å². The lowest BCUT2D eigenvalue weighted by Gasteiger charge is -2.10. The van der Waals surface area contributed by atoms with Crippen LogP contribution in [0.3, 0.4) is 0 Å².